The van der Waals surface area contributed by atoms with Crippen molar-refractivity contribution in [3.8, 4) is 11.5 Å². The van der Waals surface area contributed by atoms with Gasteiger partial charge in [0.25, 0.3) is 0 Å². The highest BCUT2D eigenvalue weighted by molar-refractivity contribution is 6.31. The molecule has 0 aromatic heterocycles. The van der Waals surface area contributed by atoms with E-state index in [-0.39, 0.29) is 12.6 Å². The van der Waals surface area contributed by atoms with Crippen LogP contribution in [0, 0.1) is 0 Å². The Morgan fingerprint density at radius 2 is 1.73 bits per heavy atom. The van der Waals surface area contributed by atoms with Gasteiger partial charge >= 0.3 is 0 Å². The van der Waals surface area contributed by atoms with E-state index < -0.39 is 0 Å². The lowest BCUT2D eigenvalue weighted by Crippen LogP contribution is -2.26. The molecule has 1 aliphatic heterocycles. The van der Waals surface area contributed by atoms with Crippen LogP contribution in [0.15, 0.2) is 12.1 Å². The number of hydrogen-bond acceptors (Lipinski definition) is 4. The Morgan fingerprint density at radius 1 is 1.14 bits per heavy atom. The zero-order valence-electron chi connectivity index (χ0n) is 13.5. The van der Waals surface area contributed by atoms with Crippen LogP contribution in [-0.4, -0.2) is 42.9 Å². The Morgan fingerprint density at radius 3 is 2.27 bits per heavy atom. The summed E-state index contributed by atoms with van der Waals surface area (Å²) < 4.78 is 11.3. The van der Waals surface area contributed by atoms with Gasteiger partial charge in [-0.3, -0.25) is 4.90 Å². The van der Waals surface area contributed by atoms with Crippen molar-refractivity contribution in [3.63, 3.8) is 0 Å². The largest absolute Gasteiger partial charge is 0.490 e. The van der Waals surface area contributed by atoms with Crippen LogP contribution in [0.2, 0.25) is 5.02 Å². The smallest absolute Gasteiger partial charge is 0.162 e. The Labute approximate surface area is 138 Å². The molecule has 1 aromatic rings. The zero-order valence-corrected chi connectivity index (χ0v) is 14.2. The molecular formula is C17H26ClNO3. The zero-order chi connectivity index (χ0) is 15.9. The molecule has 1 atom stereocenters. The third-order valence-electron chi connectivity index (χ3n) is 4.01. The van der Waals surface area contributed by atoms with Crippen molar-refractivity contribution in [2.75, 3.05) is 32.9 Å². The predicted octanol–water partition coefficient (Wildman–Crippen LogP) is 3.66. The van der Waals surface area contributed by atoms with Crippen LogP contribution >= 0.6 is 11.6 Å². The highest BCUT2D eigenvalue weighted by Gasteiger charge is 2.26. The molecule has 1 N–H and O–H groups in total. The molecule has 22 heavy (non-hydrogen) atoms. The number of hydrogen-bond donors (Lipinski definition) is 1. The molecule has 0 saturated carbocycles. The third-order valence-corrected chi connectivity index (χ3v) is 4.33. The van der Waals surface area contributed by atoms with Crippen molar-refractivity contribution in [3.05, 3.63) is 22.7 Å². The standard InChI is InChI=1S/C17H26ClNO3/c1-3-21-16-11-13(14(18)12-17(16)22-4-2)15(7-10-20)19-8-5-6-9-19/h11-12,15,20H,3-10H2,1-2H3. The minimum Gasteiger partial charge on any atom is -0.490 e. The summed E-state index contributed by atoms with van der Waals surface area (Å²) in [5.74, 6) is 1.41. The summed E-state index contributed by atoms with van der Waals surface area (Å²) in [5.41, 5.74) is 1.02. The van der Waals surface area contributed by atoms with E-state index in [0.29, 0.717) is 30.4 Å². The Bertz CT molecular complexity index is 475. The first-order valence-corrected chi connectivity index (χ1v) is 8.53. The van der Waals surface area contributed by atoms with Gasteiger partial charge in [-0.15, -0.1) is 0 Å². The number of halogens is 1. The number of aliphatic hydroxyl groups is 1. The number of nitrogens with zero attached hydrogens (tertiary/aromatic N) is 1. The topological polar surface area (TPSA) is 41.9 Å². The Balaban J connectivity index is 2.35. The summed E-state index contributed by atoms with van der Waals surface area (Å²) >= 11 is 6.50. The molecule has 0 amide bonds. The van der Waals surface area contributed by atoms with Crippen LogP contribution in [0.5, 0.6) is 11.5 Å². The van der Waals surface area contributed by atoms with Crippen molar-refractivity contribution in [1.29, 1.82) is 0 Å². The first-order chi connectivity index (χ1) is 10.7. The molecule has 0 radical (unpaired) electrons. The number of aliphatic hydroxyl groups excluding tert-OH is 1. The molecular weight excluding hydrogens is 302 g/mol. The first kappa shape index (κ1) is 17.4. The van der Waals surface area contributed by atoms with Crippen molar-refractivity contribution in [2.45, 2.75) is 39.2 Å². The third kappa shape index (κ3) is 4.06. The molecule has 2 rings (SSSR count). The second kappa shape index (κ2) is 8.61. The maximum atomic E-state index is 9.44. The summed E-state index contributed by atoms with van der Waals surface area (Å²) in [7, 11) is 0. The van der Waals surface area contributed by atoms with E-state index in [2.05, 4.69) is 4.90 Å². The summed E-state index contributed by atoms with van der Waals surface area (Å²) in [5, 5.41) is 10.1. The quantitative estimate of drug-likeness (QED) is 0.791. The molecule has 1 saturated heterocycles. The molecule has 1 aromatic carbocycles. The maximum absolute atomic E-state index is 9.44. The normalized spacial score (nSPS) is 16.7. The van der Waals surface area contributed by atoms with E-state index in [0.717, 1.165) is 24.4 Å². The van der Waals surface area contributed by atoms with Crippen LogP contribution in [0.25, 0.3) is 0 Å². The van der Waals surface area contributed by atoms with Crippen molar-refractivity contribution >= 4 is 11.6 Å². The van der Waals surface area contributed by atoms with Crippen molar-refractivity contribution < 1.29 is 14.6 Å². The predicted molar refractivity (Wildman–Crippen MR) is 89.0 cm³/mol. The molecule has 1 unspecified atom stereocenters. The van der Waals surface area contributed by atoms with Gasteiger partial charge in [-0.05, 0) is 57.8 Å². The van der Waals surface area contributed by atoms with Gasteiger partial charge in [-0.1, -0.05) is 11.6 Å². The van der Waals surface area contributed by atoms with Crippen LogP contribution in [-0.2, 0) is 0 Å². The van der Waals surface area contributed by atoms with E-state index in [1.54, 1.807) is 0 Å². The number of likely N-dealkylation sites (tertiary alicyclic amines) is 1. The lowest BCUT2D eigenvalue weighted by Gasteiger charge is -2.29. The van der Waals surface area contributed by atoms with Crippen LogP contribution < -0.4 is 9.47 Å². The molecule has 1 fully saturated rings. The lowest BCUT2D eigenvalue weighted by molar-refractivity contribution is 0.185. The van der Waals surface area contributed by atoms with Crippen LogP contribution in [0.4, 0.5) is 0 Å². The minimum atomic E-state index is 0.134. The van der Waals surface area contributed by atoms with Gasteiger partial charge in [-0.25, -0.2) is 0 Å². The molecule has 1 aliphatic rings. The maximum Gasteiger partial charge on any atom is 0.162 e. The molecule has 0 aliphatic carbocycles. The van der Waals surface area contributed by atoms with E-state index in [9.17, 15) is 5.11 Å². The van der Waals surface area contributed by atoms with E-state index >= 15 is 0 Å². The van der Waals surface area contributed by atoms with E-state index in [1.165, 1.54) is 12.8 Å². The van der Waals surface area contributed by atoms with Gasteiger partial charge in [0.2, 0.25) is 0 Å². The molecule has 4 nitrogen and oxygen atoms in total. The van der Waals surface area contributed by atoms with Gasteiger partial charge in [-0.2, -0.15) is 0 Å². The van der Waals surface area contributed by atoms with Crippen molar-refractivity contribution in [2.24, 2.45) is 0 Å². The van der Waals surface area contributed by atoms with Gasteiger partial charge in [0.1, 0.15) is 0 Å². The molecule has 5 heteroatoms. The molecule has 1 heterocycles. The average Bonchev–Trinajstić information content (AvgIpc) is 3.02. The van der Waals surface area contributed by atoms with Crippen LogP contribution in [0.3, 0.4) is 0 Å². The monoisotopic (exact) mass is 327 g/mol. The van der Waals surface area contributed by atoms with E-state index in [4.69, 9.17) is 21.1 Å². The summed E-state index contributed by atoms with van der Waals surface area (Å²) in [4.78, 5) is 2.40. The number of ether oxygens (including phenoxy) is 2. The van der Waals surface area contributed by atoms with Gasteiger partial charge in [0, 0.05) is 23.7 Å². The minimum absolute atomic E-state index is 0.134. The van der Waals surface area contributed by atoms with Gasteiger partial charge < -0.3 is 14.6 Å². The average molecular weight is 328 g/mol. The SMILES string of the molecule is CCOc1cc(Cl)c(C(CCO)N2CCCC2)cc1OCC. The Kier molecular flexibility index (Phi) is 6.80. The Hall–Kier alpha value is -0.970. The first-order valence-electron chi connectivity index (χ1n) is 8.15. The van der Waals surface area contributed by atoms with Crippen molar-refractivity contribution in [1.82, 2.24) is 4.90 Å². The fraction of sp³-hybridized carbons (Fsp3) is 0.647. The van der Waals surface area contributed by atoms with Gasteiger partial charge in [0.05, 0.1) is 13.2 Å². The second-order valence-electron chi connectivity index (χ2n) is 5.46. The lowest BCUT2D eigenvalue weighted by atomic mass is 10.0. The summed E-state index contributed by atoms with van der Waals surface area (Å²) in [6.07, 6.45) is 3.09. The summed E-state index contributed by atoms with van der Waals surface area (Å²) in [6, 6.07) is 3.95. The fourth-order valence-corrected chi connectivity index (χ4v) is 3.33. The molecule has 0 spiro atoms. The van der Waals surface area contributed by atoms with Crippen LogP contribution in [0.1, 0.15) is 44.7 Å². The number of rotatable bonds is 8. The fourth-order valence-electron chi connectivity index (χ4n) is 3.05. The molecule has 124 valence electrons. The molecule has 0 bridgehead atoms. The van der Waals surface area contributed by atoms with Gasteiger partial charge in [0.15, 0.2) is 11.5 Å². The highest BCUT2D eigenvalue weighted by atomic mass is 35.5. The summed E-state index contributed by atoms with van der Waals surface area (Å²) in [6.45, 7) is 7.30. The second-order valence-corrected chi connectivity index (χ2v) is 5.86. The van der Waals surface area contributed by atoms with E-state index in [1.807, 2.05) is 26.0 Å². The highest BCUT2D eigenvalue weighted by Crippen LogP contribution is 2.39. The number of benzene rings is 1.